The second-order valence-corrected chi connectivity index (χ2v) is 8.56. The topological polar surface area (TPSA) is 78.4 Å². The number of carbonyl (C=O) groups is 2. The number of anilines is 1. The fraction of sp³-hybridized carbons (Fsp3) is 0.667. The van der Waals surface area contributed by atoms with Gasteiger partial charge in [-0.3, -0.25) is 9.59 Å². The molecule has 3 N–H and O–H groups in total. The van der Waals surface area contributed by atoms with Crippen LogP contribution in [0.5, 0.6) is 0 Å². The summed E-state index contributed by atoms with van der Waals surface area (Å²) in [6.45, 7) is 2.68. The van der Waals surface area contributed by atoms with Crippen molar-refractivity contribution in [2.75, 3.05) is 11.9 Å². The van der Waals surface area contributed by atoms with E-state index < -0.39 is 6.10 Å². The summed E-state index contributed by atoms with van der Waals surface area (Å²) >= 11 is 1.52. The highest BCUT2D eigenvalue weighted by molar-refractivity contribution is 7.17. The highest BCUT2D eigenvalue weighted by Crippen LogP contribution is 2.44. The zero-order chi connectivity index (χ0) is 16.8. The van der Waals surface area contributed by atoms with E-state index >= 15 is 0 Å². The van der Waals surface area contributed by atoms with Gasteiger partial charge in [0, 0.05) is 23.3 Å². The minimum Gasteiger partial charge on any atom is -0.392 e. The smallest absolute Gasteiger partial charge is 0.254 e. The fourth-order valence-electron chi connectivity index (χ4n) is 3.40. The Hall–Kier alpha value is -1.40. The molecule has 0 radical (unpaired) electrons. The van der Waals surface area contributed by atoms with Gasteiger partial charge >= 0.3 is 0 Å². The number of aliphatic hydroxyl groups excluding tert-OH is 1. The third kappa shape index (κ3) is 3.09. The minimum absolute atomic E-state index is 0.0260. The van der Waals surface area contributed by atoms with Crippen LogP contribution in [0.25, 0.3) is 0 Å². The summed E-state index contributed by atoms with van der Waals surface area (Å²) in [5, 5.41) is 16.9. The molecule has 0 aromatic carbocycles. The van der Waals surface area contributed by atoms with Crippen molar-refractivity contribution < 1.29 is 14.7 Å². The third-order valence-electron chi connectivity index (χ3n) is 5.38. The van der Waals surface area contributed by atoms with Crippen molar-refractivity contribution in [3.05, 3.63) is 16.0 Å². The Kier molecular flexibility index (Phi) is 4.12. The van der Waals surface area contributed by atoms with Crippen LogP contribution in [0.15, 0.2) is 0 Å². The molecule has 2 fully saturated rings. The van der Waals surface area contributed by atoms with Gasteiger partial charge in [0.15, 0.2) is 0 Å². The molecular formula is C18H24N2O3S. The lowest BCUT2D eigenvalue weighted by Gasteiger charge is -2.25. The molecule has 0 aliphatic heterocycles. The molecule has 24 heavy (non-hydrogen) atoms. The maximum absolute atomic E-state index is 12.8. The molecule has 130 valence electrons. The summed E-state index contributed by atoms with van der Waals surface area (Å²) in [5.41, 5.74) is 1.54. The molecule has 1 aromatic rings. The number of fused-ring (bicyclic) bond motifs is 1. The minimum atomic E-state index is -0.422. The lowest BCUT2D eigenvalue weighted by Crippen LogP contribution is -2.30. The average molecular weight is 348 g/mol. The van der Waals surface area contributed by atoms with E-state index in [0.29, 0.717) is 29.4 Å². The van der Waals surface area contributed by atoms with Gasteiger partial charge in [-0.2, -0.15) is 0 Å². The lowest BCUT2D eigenvalue weighted by molar-refractivity contribution is -0.117. The first kappa shape index (κ1) is 16.1. The maximum atomic E-state index is 12.8. The van der Waals surface area contributed by atoms with Crippen molar-refractivity contribution in [1.82, 2.24) is 5.32 Å². The molecule has 4 rings (SSSR count). The largest absolute Gasteiger partial charge is 0.392 e. The van der Waals surface area contributed by atoms with Gasteiger partial charge in [0.05, 0.1) is 11.7 Å². The maximum Gasteiger partial charge on any atom is 0.254 e. The molecule has 5 nitrogen and oxygen atoms in total. The van der Waals surface area contributed by atoms with Crippen LogP contribution in [0.1, 0.15) is 65.7 Å². The quantitative estimate of drug-likeness (QED) is 0.765. The first-order chi connectivity index (χ1) is 11.5. The van der Waals surface area contributed by atoms with E-state index in [1.165, 1.54) is 24.2 Å². The van der Waals surface area contributed by atoms with E-state index in [2.05, 4.69) is 10.6 Å². The van der Waals surface area contributed by atoms with Gasteiger partial charge in [-0.05, 0) is 50.0 Å². The SMILES string of the molecule is CC1c2c(sc(NC(=O)C3CC3)c2C(=O)NCC2CC2)CCC1O. The first-order valence-corrected chi connectivity index (χ1v) is 9.79. The molecule has 2 amide bonds. The number of rotatable bonds is 5. The van der Waals surface area contributed by atoms with Crippen LogP contribution in [-0.4, -0.2) is 29.6 Å². The Morgan fingerprint density at radius 1 is 1.21 bits per heavy atom. The van der Waals surface area contributed by atoms with Crippen molar-refractivity contribution in [2.45, 2.75) is 57.5 Å². The Labute approximate surface area is 145 Å². The van der Waals surface area contributed by atoms with Gasteiger partial charge < -0.3 is 15.7 Å². The molecule has 3 aliphatic rings. The molecule has 2 atom stereocenters. The zero-order valence-corrected chi connectivity index (χ0v) is 14.7. The molecule has 0 saturated heterocycles. The summed E-state index contributed by atoms with van der Waals surface area (Å²) in [5.74, 6) is 0.563. The highest BCUT2D eigenvalue weighted by atomic mass is 32.1. The predicted molar refractivity (Wildman–Crippen MR) is 93.5 cm³/mol. The van der Waals surface area contributed by atoms with E-state index in [0.717, 1.165) is 29.7 Å². The van der Waals surface area contributed by atoms with Crippen LogP contribution in [0.3, 0.4) is 0 Å². The van der Waals surface area contributed by atoms with Crippen molar-refractivity contribution in [1.29, 1.82) is 0 Å². The van der Waals surface area contributed by atoms with Crippen LogP contribution in [0.4, 0.5) is 5.00 Å². The van der Waals surface area contributed by atoms with Crippen LogP contribution in [0, 0.1) is 11.8 Å². The van der Waals surface area contributed by atoms with E-state index in [4.69, 9.17) is 0 Å². The number of nitrogens with one attached hydrogen (secondary N) is 2. The van der Waals surface area contributed by atoms with Gasteiger partial charge in [0.1, 0.15) is 5.00 Å². The van der Waals surface area contributed by atoms with Crippen molar-refractivity contribution in [3.8, 4) is 0 Å². The molecule has 2 saturated carbocycles. The average Bonchev–Trinajstić information content (AvgIpc) is 3.45. The molecule has 0 bridgehead atoms. The Morgan fingerprint density at radius 3 is 2.62 bits per heavy atom. The molecule has 6 heteroatoms. The summed E-state index contributed by atoms with van der Waals surface area (Å²) < 4.78 is 0. The Bertz CT molecular complexity index is 676. The second-order valence-electron chi connectivity index (χ2n) is 7.45. The van der Waals surface area contributed by atoms with E-state index in [9.17, 15) is 14.7 Å². The van der Waals surface area contributed by atoms with E-state index in [-0.39, 0.29) is 23.7 Å². The molecule has 1 heterocycles. The fourth-order valence-corrected chi connectivity index (χ4v) is 4.72. The van der Waals surface area contributed by atoms with E-state index in [1.807, 2.05) is 6.92 Å². The van der Waals surface area contributed by atoms with Crippen LogP contribution < -0.4 is 10.6 Å². The van der Waals surface area contributed by atoms with Crippen molar-refractivity contribution in [2.24, 2.45) is 11.8 Å². The van der Waals surface area contributed by atoms with Gasteiger partial charge in [-0.15, -0.1) is 11.3 Å². The summed E-state index contributed by atoms with van der Waals surface area (Å²) in [6.07, 6.45) is 5.31. The third-order valence-corrected chi connectivity index (χ3v) is 6.56. The zero-order valence-electron chi connectivity index (χ0n) is 13.9. The van der Waals surface area contributed by atoms with Crippen LogP contribution >= 0.6 is 11.3 Å². The second kappa shape index (κ2) is 6.15. The van der Waals surface area contributed by atoms with E-state index in [1.54, 1.807) is 0 Å². The Balaban J connectivity index is 1.64. The van der Waals surface area contributed by atoms with Crippen LogP contribution in [-0.2, 0) is 11.2 Å². The standard InChI is InChI=1S/C18H24N2O3S/c1-9-12(21)6-7-13-14(9)15(17(23)19-8-10-2-3-10)18(24-13)20-16(22)11-4-5-11/h9-12,21H,2-8H2,1H3,(H,19,23)(H,20,22). The summed E-state index contributed by atoms with van der Waals surface area (Å²) in [6, 6.07) is 0. The van der Waals surface area contributed by atoms with Gasteiger partial charge in [0.25, 0.3) is 5.91 Å². The monoisotopic (exact) mass is 348 g/mol. The predicted octanol–water partition coefficient (Wildman–Crippen LogP) is 2.65. The number of hydrogen-bond donors (Lipinski definition) is 3. The molecule has 3 aliphatic carbocycles. The lowest BCUT2D eigenvalue weighted by atomic mass is 9.84. The van der Waals surface area contributed by atoms with Crippen LogP contribution in [0.2, 0.25) is 0 Å². The number of aliphatic hydroxyl groups is 1. The van der Waals surface area contributed by atoms with Gasteiger partial charge in [0.2, 0.25) is 5.91 Å². The highest BCUT2D eigenvalue weighted by Gasteiger charge is 2.36. The number of aryl methyl sites for hydroxylation is 1. The normalized spacial score (nSPS) is 25.9. The Morgan fingerprint density at radius 2 is 1.96 bits per heavy atom. The summed E-state index contributed by atoms with van der Waals surface area (Å²) in [4.78, 5) is 26.1. The van der Waals surface area contributed by atoms with Gasteiger partial charge in [-0.1, -0.05) is 6.92 Å². The first-order valence-electron chi connectivity index (χ1n) is 8.97. The van der Waals surface area contributed by atoms with Crippen molar-refractivity contribution in [3.63, 3.8) is 0 Å². The molecule has 1 aromatic heterocycles. The molecule has 0 spiro atoms. The summed E-state index contributed by atoms with van der Waals surface area (Å²) in [7, 11) is 0. The molecule has 2 unspecified atom stereocenters. The number of thiophene rings is 1. The number of amides is 2. The molecular weight excluding hydrogens is 324 g/mol. The van der Waals surface area contributed by atoms with Gasteiger partial charge in [-0.25, -0.2) is 0 Å². The number of hydrogen-bond acceptors (Lipinski definition) is 4. The number of carbonyl (C=O) groups excluding carboxylic acids is 2. The van der Waals surface area contributed by atoms with Crippen molar-refractivity contribution >= 4 is 28.2 Å².